The molecular formula is C18H33N. The van der Waals surface area contributed by atoms with Gasteiger partial charge in [-0.3, -0.25) is 0 Å². The van der Waals surface area contributed by atoms with Crippen molar-refractivity contribution in [2.45, 2.75) is 73.3 Å². The van der Waals surface area contributed by atoms with Gasteiger partial charge in [0, 0.05) is 6.04 Å². The maximum Gasteiger partial charge on any atom is 0.00766 e. The summed E-state index contributed by atoms with van der Waals surface area (Å²) in [6, 6.07) is 0.399. The summed E-state index contributed by atoms with van der Waals surface area (Å²) in [5, 5.41) is 0. The van der Waals surface area contributed by atoms with Crippen molar-refractivity contribution in [1.82, 2.24) is 0 Å². The van der Waals surface area contributed by atoms with Crippen LogP contribution in [0.15, 0.2) is 11.6 Å². The zero-order chi connectivity index (χ0) is 14.4. The van der Waals surface area contributed by atoms with Crippen molar-refractivity contribution in [3.63, 3.8) is 0 Å². The Kier molecular flexibility index (Phi) is 3.90. The molecule has 4 atom stereocenters. The summed E-state index contributed by atoms with van der Waals surface area (Å²) in [7, 11) is 0. The number of fused-ring (bicyclic) bond motifs is 1. The predicted octanol–water partition coefficient (Wildman–Crippen LogP) is 4.77. The molecule has 2 N–H and O–H groups in total. The van der Waals surface area contributed by atoms with Gasteiger partial charge in [0.2, 0.25) is 0 Å². The van der Waals surface area contributed by atoms with Crippen molar-refractivity contribution < 1.29 is 0 Å². The van der Waals surface area contributed by atoms with Crippen molar-refractivity contribution in [2.24, 2.45) is 34.3 Å². The number of hydrogen-bond donors (Lipinski definition) is 1. The van der Waals surface area contributed by atoms with Gasteiger partial charge in [0.15, 0.2) is 0 Å². The molecule has 2 unspecified atom stereocenters. The maximum absolute atomic E-state index is 6.21. The number of allylic oxidation sites excluding steroid dienone is 1. The standard InChI is InChI=1S/C18H33N/c1-12(2)15-8-7-13-11-14(19)9-10-18(13,6)16(15)17(3,4)5/h7,12,14-16H,8-11,19H2,1-6H3/t14-,15?,16?,18-/m0/s1. The van der Waals surface area contributed by atoms with Gasteiger partial charge in [0.05, 0.1) is 0 Å². The quantitative estimate of drug-likeness (QED) is 0.678. The minimum Gasteiger partial charge on any atom is -0.327 e. The van der Waals surface area contributed by atoms with Crippen molar-refractivity contribution in [2.75, 3.05) is 0 Å². The van der Waals surface area contributed by atoms with Crippen LogP contribution in [0.2, 0.25) is 0 Å². The number of rotatable bonds is 1. The van der Waals surface area contributed by atoms with E-state index < -0.39 is 0 Å². The van der Waals surface area contributed by atoms with E-state index >= 15 is 0 Å². The molecule has 2 rings (SSSR count). The minimum atomic E-state index is 0.380. The van der Waals surface area contributed by atoms with Gasteiger partial charge in [-0.1, -0.05) is 53.2 Å². The van der Waals surface area contributed by atoms with Crippen LogP contribution >= 0.6 is 0 Å². The zero-order valence-electron chi connectivity index (χ0n) is 13.8. The summed E-state index contributed by atoms with van der Waals surface area (Å²) in [5.41, 5.74) is 8.65. The summed E-state index contributed by atoms with van der Waals surface area (Å²) < 4.78 is 0. The Morgan fingerprint density at radius 3 is 2.47 bits per heavy atom. The molecule has 0 aromatic heterocycles. The van der Waals surface area contributed by atoms with Crippen LogP contribution in [0, 0.1) is 28.6 Å². The predicted molar refractivity (Wildman–Crippen MR) is 83.9 cm³/mol. The molecule has 1 heteroatoms. The van der Waals surface area contributed by atoms with Gasteiger partial charge in [-0.25, -0.2) is 0 Å². The first kappa shape index (κ1) is 15.1. The molecule has 1 saturated carbocycles. The van der Waals surface area contributed by atoms with Gasteiger partial charge in [0.25, 0.3) is 0 Å². The molecule has 19 heavy (non-hydrogen) atoms. The van der Waals surface area contributed by atoms with E-state index in [1.165, 1.54) is 19.3 Å². The van der Waals surface area contributed by atoms with Crippen LogP contribution in [0.1, 0.15) is 67.2 Å². The second kappa shape index (κ2) is 4.91. The van der Waals surface area contributed by atoms with Crippen LogP contribution in [0.25, 0.3) is 0 Å². The SMILES string of the molecule is CC(C)C1CC=C2C[C@@H](N)CC[C@]2(C)C1C(C)(C)C. The molecule has 0 spiro atoms. The Labute approximate surface area is 120 Å². The molecule has 1 nitrogen and oxygen atoms in total. The topological polar surface area (TPSA) is 26.0 Å². The highest BCUT2D eigenvalue weighted by Crippen LogP contribution is 2.59. The lowest BCUT2D eigenvalue weighted by molar-refractivity contribution is -0.00491. The average Bonchev–Trinajstić information content (AvgIpc) is 2.26. The highest BCUT2D eigenvalue weighted by atomic mass is 14.7. The molecule has 2 aliphatic carbocycles. The molecule has 1 fully saturated rings. The van der Waals surface area contributed by atoms with Crippen LogP contribution in [0.5, 0.6) is 0 Å². The van der Waals surface area contributed by atoms with E-state index in [4.69, 9.17) is 5.73 Å². The molecule has 0 bridgehead atoms. The lowest BCUT2D eigenvalue weighted by Crippen LogP contribution is -2.49. The average molecular weight is 263 g/mol. The normalized spacial score (nSPS) is 40.0. The largest absolute Gasteiger partial charge is 0.327 e. The molecule has 0 amide bonds. The molecule has 0 radical (unpaired) electrons. The second-order valence-corrected chi connectivity index (χ2v) is 8.64. The number of nitrogens with two attached hydrogens (primary N) is 1. The molecule has 110 valence electrons. The molecule has 2 aliphatic rings. The van der Waals surface area contributed by atoms with Gasteiger partial charge in [-0.05, 0) is 54.3 Å². The van der Waals surface area contributed by atoms with E-state index in [1.807, 2.05) is 0 Å². The van der Waals surface area contributed by atoms with E-state index in [2.05, 4.69) is 47.6 Å². The van der Waals surface area contributed by atoms with E-state index in [0.717, 1.165) is 24.2 Å². The number of hydrogen-bond acceptors (Lipinski definition) is 1. The zero-order valence-corrected chi connectivity index (χ0v) is 13.8. The van der Waals surface area contributed by atoms with E-state index in [1.54, 1.807) is 5.57 Å². The Morgan fingerprint density at radius 1 is 1.32 bits per heavy atom. The minimum absolute atomic E-state index is 0.380. The van der Waals surface area contributed by atoms with Gasteiger partial charge in [-0.2, -0.15) is 0 Å². The molecule has 0 aliphatic heterocycles. The van der Waals surface area contributed by atoms with Gasteiger partial charge in [0.1, 0.15) is 0 Å². The van der Waals surface area contributed by atoms with E-state index in [0.29, 0.717) is 16.9 Å². The molecule has 0 aromatic carbocycles. The van der Waals surface area contributed by atoms with Gasteiger partial charge in [-0.15, -0.1) is 0 Å². The fraction of sp³-hybridized carbons (Fsp3) is 0.889. The fourth-order valence-electron chi connectivity index (χ4n) is 5.08. The van der Waals surface area contributed by atoms with Crippen LogP contribution in [-0.4, -0.2) is 6.04 Å². The van der Waals surface area contributed by atoms with Crippen molar-refractivity contribution in [1.29, 1.82) is 0 Å². The summed E-state index contributed by atoms with van der Waals surface area (Å²) in [4.78, 5) is 0. The van der Waals surface area contributed by atoms with E-state index in [-0.39, 0.29) is 0 Å². The lowest BCUT2D eigenvalue weighted by atomic mass is 9.49. The molecular weight excluding hydrogens is 230 g/mol. The highest BCUT2D eigenvalue weighted by molar-refractivity contribution is 5.25. The third-order valence-electron chi connectivity index (χ3n) is 5.79. The lowest BCUT2D eigenvalue weighted by Gasteiger charge is -2.56. The van der Waals surface area contributed by atoms with E-state index in [9.17, 15) is 0 Å². The Morgan fingerprint density at radius 2 is 1.95 bits per heavy atom. The Balaban J connectivity index is 2.42. The molecule has 0 saturated heterocycles. The molecule has 0 aromatic rings. The van der Waals surface area contributed by atoms with Crippen molar-refractivity contribution >= 4 is 0 Å². The second-order valence-electron chi connectivity index (χ2n) is 8.64. The summed E-state index contributed by atoms with van der Waals surface area (Å²) in [5.74, 6) is 2.38. The fourth-order valence-corrected chi connectivity index (χ4v) is 5.08. The van der Waals surface area contributed by atoms with Crippen LogP contribution in [-0.2, 0) is 0 Å². The summed E-state index contributed by atoms with van der Waals surface area (Å²) in [6.45, 7) is 14.6. The van der Waals surface area contributed by atoms with Crippen LogP contribution < -0.4 is 5.73 Å². The Hall–Kier alpha value is -0.300. The van der Waals surface area contributed by atoms with Gasteiger partial charge >= 0.3 is 0 Å². The third-order valence-corrected chi connectivity index (χ3v) is 5.79. The van der Waals surface area contributed by atoms with Crippen LogP contribution in [0.3, 0.4) is 0 Å². The maximum atomic E-state index is 6.21. The van der Waals surface area contributed by atoms with Crippen molar-refractivity contribution in [3.8, 4) is 0 Å². The smallest absolute Gasteiger partial charge is 0.00766 e. The Bertz CT molecular complexity index is 360. The van der Waals surface area contributed by atoms with Crippen molar-refractivity contribution in [3.05, 3.63) is 11.6 Å². The first-order chi connectivity index (χ1) is 8.66. The summed E-state index contributed by atoms with van der Waals surface area (Å²) in [6.07, 6.45) is 7.42. The molecule has 0 heterocycles. The van der Waals surface area contributed by atoms with Gasteiger partial charge < -0.3 is 5.73 Å². The first-order valence-electron chi connectivity index (χ1n) is 8.11. The van der Waals surface area contributed by atoms with Crippen LogP contribution in [0.4, 0.5) is 0 Å². The highest BCUT2D eigenvalue weighted by Gasteiger charge is 2.51. The first-order valence-corrected chi connectivity index (χ1v) is 8.11. The monoisotopic (exact) mass is 263 g/mol. The summed E-state index contributed by atoms with van der Waals surface area (Å²) >= 11 is 0. The third kappa shape index (κ3) is 2.63.